The molecule has 4 amide bonds. The summed E-state index contributed by atoms with van der Waals surface area (Å²) in [6.07, 6.45) is 4.78. The average molecular weight is 663 g/mol. The molecule has 2 unspecified atom stereocenters. The number of nitrogens with two attached hydrogens (primary N) is 2. The molecule has 15 nitrogen and oxygen atoms in total. The lowest BCUT2D eigenvalue weighted by Crippen LogP contribution is -2.59. The summed E-state index contributed by atoms with van der Waals surface area (Å²) in [4.78, 5) is 52.5. The second kappa shape index (κ2) is 16.1. The summed E-state index contributed by atoms with van der Waals surface area (Å²) in [5.74, 6) is 9.01. The molecule has 2 aromatic rings. The predicted octanol–water partition coefficient (Wildman–Crippen LogP) is 1.50. The van der Waals surface area contributed by atoms with Crippen LogP contribution in [0.3, 0.4) is 0 Å². The van der Waals surface area contributed by atoms with E-state index >= 15 is 0 Å². The van der Waals surface area contributed by atoms with E-state index in [1.54, 1.807) is 43.3 Å². The molecule has 0 radical (unpaired) electrons. The highest BCUT2D eigenvalue weighted by Crippen LogP contribution is 2.32. The number of imide groups is 1. The van der Waals surface area contributed by atoms with E-state index in [1.165, 1.54) is 37.3 Å². The van der Waals surface area contributed by atoms with Gasteiger partial charge in [-0.2, -0.15) is 5.10 Å². The van der Waals surface area contributed by atoms with E-state index < -0.39 is 42.9 Å². The molecule has 48 heavy (non-hydrogen) atoms. The molecular weight excluding hydrogens is 619 g/mol. The lowest BCUT2D eigenvalue weighted by molar-refractivity contribution is -0.153. The summed E-state index contributed by atoms with van der Waals surface area (Å²) in [5, 5.41) is 19.2. The van der Waals surface area contributed by atoms with Crippen LogP contribution in [0.2, 0.25) is 0 Å². The van der Waals surface area contributed by atoms with Crippen molar-refractivity contribution in [2.45, 2.75) is 51.5 Å². The van der Waals surface area contributed by atoms with Gasteiger partial charge in [0.1, 0.15) is 5.75 Å². The van der Waals surface area contributed by atoms with Crippen molar-refractivity contribution in [2.75, 3.05) is 26.7 Å². The van der Waals surface area contributed by atoms with Crippen LogP contribution in [0.15, 0.2) is 59.8 Å². The smallest absolute Gasteiger partial charge is 0.534 e. The van der Waals surface area contributed by atoms with Crippen LogP contribution in [0.1, 0.15) is 66.2 Å². The number of nitrogens with one attached hydrogen (secondary N) is 3. The number of aromatic carboxylic acids is 1. The van der Waals surface area contributed by atoms with Crippen LogP contribution in [0.25, 0.3) is 0 Å². The summed E-state index contributed by atoms with van der Waals surface area (Å²) in [6.45, 7) is 8.81. The molecule has 0 spiro atoms. The Labute approximate surface area is 279 Å². The van der Waals surface area contributed by atoms with Gasteiger partial charge in [-0.05, 0) is 36.5 Å². The second-order valence-electron chi connectivity index (χ2n) is 11.8. The van der Waals surface area contributed by atoms with Crippen LogP contribution in [0.4, 0.5) is 4.79 Å². The number of carbonyl (C=O) groups is 4. The number of rotatable bonds is 9. The van der Waals surface area contributed by atoms with E-state index in [2.05, 4.69) is 34.7 Å². The predicted molar refractivity (Wildman–Crippen MR) is 179 cm³/mol. The standard InChI is InChI=1S/C27H33BN8O7.C5H10/c1-4-35-12-13-36(25(38)24(35)37)27(41)32-21(16-8-10-17(11-9-16)23(33-29)34-30)15(2)31-20-14-18-6-5-7-19(26(39)40)22(18)43-28(20)42-3;1-5-3-2-4-5/h5-11,20-21,31H,2,4,12-14,29-30H2,1,3H3,(H,32,41)(H,33,34)(H,39,40);5H,2-4H2,1H3. The van der Waals surface area contributed by atoms with Crippen LogP contribution in [-0.2, 0) is 20.7 Å². The summed E-state index contributed by atoms with van der Waals surface area (Å²) in [7, 11) is 0.526. The van der Waals surface area contributed by atoms with E-state index in [1.807, 2.05) is 0 Å². The molecule has 2 atom stereocenters. The minimum atomic E-state index is -1.13. The minimum absolute atomic E-state index is 0.0109. The second-order valence-corrected chi connectivity index (χ2v) is 11.8. The van der Waals surface area contributed by atoms with Crippen molar-refractivity contribution in [3.05, 3.63) is 77.0 Å². The Hall–Kier alpha value is -5.09. The number of amides is 4. The van der Waals surface area contributed by atoms with Gasteiger partial charge < -0.3 is 41.2 Å². The zero-order chi connectivity index (χ0) is 35.0. The highest BCUT2D eigenvalue weighted by Gasteiger charge is 2.40. The Kier molecular flexibility index (Phi) is 12.0. The maximum Gasteiger partial charge on any atom is 0.549 e. The van der Waals surface area contributed by atoms with Gasteiger partial charge in [-0.3, -0.25) is 14.5 Å². The minimum Gasteiger partial charge on any atom is -0.534 e. The first-order valence-electron chi connectivity index (χ1n) is 15.8. The number of carbonyl (C=O) groups excluding carboxylic acids is 3. The Balaban J connectivity index is 0.000000950. The summed E-state index contributed by atoms with van der Waals surface area (Å²) >= 11 is 0. The van der Waals surface area contributed by atoms with Crippen LogP contribution in [0, 0.1) is 5.92 Å². The Morgan fingerprint density at radius 3 is 2.40 bits per heavy atom. The van der Waals surface area contributed by atoms with Gasteiger partial charge in [0.15, 0.2) is 5.84 Å². The highest BCUT2D eigenvalue weighted by molar-refractivity contribution is 6.48. The largest absolute Gasteiger partial charge is 0.549 e. The molecular formula is C32H43BN8O7. The molecule has 0 aromatic heterocycles. The van der Waals surface area contributed by atoms with Gasteiger partial charge in [0.25, 0.3) is 0 Å². The molecule has 2 aromatic carbocycles. The maximum absolute atomic E-state index is 13.4. The third-order valence-electron chi connectivity index (χ3n) is 8.66. The zero-order valence-corrected chi connectivity index (χ0v) is 27.4. The fourth-order valence-electron chi connectivity index (χ4n) is 5.62. The highest BCUT2D eigenvalue weighted by atomic mass is 16.6. The molecule has 1 saturated heterocycles. The Morgan fingerprint density at radius 1 is 1.17 bits per heavy atom. The van der Waals surface area contributed by atoms with Crippen LogP contribution >= 0.6 is 0 Å². The molecule has 8 N–H and O–H groups in total. The van der Waals surface area contributed by atoms with Gasteiger partial charge in [-0.1, -0.05) is 69.2 Å². The van der Waals surface area contributed by atoms with E-state index in [9.17, 15) is 24.3 Å². The van der Waals surface area contributed by atoms with Crippen molar-refractivity contribution in [3.8, 4) is 5.75 Å². The molecule has 5 rings (SSSR count). The monoisotopic (exact) mass is 662 g/mol. The fourth-order valence-corrected chi connectivity index (χ4v) is 5.62. The number of carboxylic acid groups (broad SMARTS) is 1. The topological polar surface area (TPSA) is 214 Å². The molecule has 2 aliphatic heterocycles. The molecule has 1 aliphatic carbocycles. The number of benzene rings is 2. The molecule has 3 aliphatic rings. The lowest BCUT2D eigenvalue weighted by atomic mass is 9.71. The number of nitrogens with zero attached hydrogens (tertiary/aromatic N) is 3. The molecule has 1 saturated carbocycles. The molecule has 256 valence electrons. The summed E-state index contributed by atoms with van der Waals surface area (Å²) < 4.78 is 11.5. The number of piperazine rings is 1. The summed E-state index contributed by atoms with van der Waals surface area (Å²) in [6, 6.07) is 9.88. The first kappa shape index (κ1) is 35.8. The van der Waals surface area contributed by atoms with Gasteiger partial charge in [0, 0.05) is 38.0 Å². The molecule has 0 bridgehead atoms. The number of urea groups is 1. The fraction of sp³-hybridized carbons (Fsp3) is 0.406. The number of para-hydroxylation sites is 1. The number of likely N-dealkylation sites (N-methyl/N-ethyl adjacent to an activating group) is 1. The third-order valence-corrected chi connectivity index (χ3v) is 8.66. The first-order valence-corrected chi connectivity index (χ1v) is 15.8. The van der Waals surface area contributed by atoms with Gasteiger partial charge in [-0.15, -0.1) is 0 Å². The van der Waals surface area contributed by atoms with Crippen molar-refractivity contribution < 1.29 is 33.6 Å². The number of amidine groups is 1. The molecule has 16 heteroatoms. The van der Waals surface area contributed by atoms with Gasteiger partial charge in [-0.25, -0.2) is 15.4 Å². The van der Waals surface area contributed by atoms with Gasteiger partial charge in [0.2, 0.25) is 0 Å². The number of hydrazine groups is 1. The van der Waals surface area contributed by atoms with Crippen molar-refractivity contribution >= 4 is 36.8 Å². The van der Waals surface area contributed by atoms with Gasteiger partial charge in [0.05, 0.1) is 17.5 Å². The quantitative estimate of drug-likeness (QED) is 0.0565. The molecule has 2 heterocycles. The first-order chi connectivity index (χ1) is 23.0. The van der Waals surface area contributed by atoms with E-state index in [0.29, 0.717) is 35.4 Å². The third kappa shape index (κ3) is 8.06. The lowest BCUT2D eigenvalue weighted by Gasteiger charge is -2.35. The van der Waals surface area contributed by atoms with E-state index in [-0.39, 0.29) is 30.2 Å². The summed E-state index contributed by atoms with van der Waals surface area (Å²) in [5.41, 5.74) is 4.49. The van der Waals surface area contributed by atoms with Crippen LogP contribution in [0.5, 0.6) is 5.75 Å². The number of hydrogen-bond donors (Lipinski definition) is 6. The zero-order valence-electron chi connectivity index (χ0n) is 27.4. The van der Waals surface area contributed by atoms with Crippen molar-refractivity contribution in [3.63, 3.8) is 0 Å². The average Bonchev–Trinajstić information content (AvgIpc) is 3.07. The van der Waals surface area contributed by atoms with Crippen molar-refractivity contribution in [2.24, 2.45) is 22.7 Å². The van der Waals surface area contributed by atoms with E-state index in [4.69, 9.17) is 21.0 Å². The Bertz CT molecular complexity index is 1550. The van der Waals surface area contributed by atoms with Crippen molar-refractivity contribution in [1.29, 1.82) is 0 Å². The SMILES string of the molecule is C=C(NC1Cc2cccc(C(=O)O)c2OB1OC)C(NC(=O)N1CCN(CC)C(=O)C1=O)c1ccc(/C(=N/N)NN)cc1.CC1CCC1. The number of hydrazone groups is 1. The van der Waals surface area contributed by atoms with Crippen LogP contribution < -0.4 is 32.4 Å². The van der Waals surface area contributed by atoms with Crippen LogP contribution in [-0.4, -0.2) is 84.4 Å². The van der Waals surface area contributed by atoms with E-state index in [0.717, 1.165) is 10.8 Å². The number of fused-ring (bicyclic) bond motifs is 1. The van der Waals surface area contributed by atoms with Crippen molar-refractivity contribution in [1.82, 2.24) is 25.9 Å². The number of carboxylic acids is 1. The maximum atomic E-state index is 13.4. The van der Waals surface area contributed by atoms with Gasteiger partial charge >= 0.3 is 30.9 Å². The Morgan fingerprint density at radius 2 is 1.85 bits per heavy atom. The normalized spacial score (nSPS) is 18.4. The molecule has 2 fully saturated rings. The number of hydrogen-bond acceptors (Lipinski definition) is 10.